The van der Waals surface area contributed by atoms with Gasteiger partial charge in [0.15, 0.2) is 0 Å². The summed E-state index contributed by atoms with van der Waals surface area (Å²) in [5.74, 6) is 0.824. The van der Waals surface area contributed by atoms with Crippen molar-refractivity contribution in [3.05, 3.63) is 83.7 Å². The molecule has 3 heterocycles. The van der Waals surface area contributed by atoms with Gasteiger partial charge >= 0.3 is 0 Å². The van der Waals surface area contributed by atoms with Crippen LogP contribution in [0, 0.1) is 5.92 Å². The maximum atomic E-state index is 6.86. The zero-order valence-corrected chi connectivity index (χ0v) is 32.4. The number of aromatic nitrogens is 1. The molecule has 2 aliphatic heterocycles. The Labute approximate surface area is 299 Å². The van der Waals surface area contributed by atoms with Crippen molar-refractivity contribution in [2.24, 2.45) is 13.0 Å². The second kappa shape index (κ2) is 20.1. The van der Waals surface area contributed by atoms with E-state index in [1.807, 2.05) is 13.8 Å². The van der Waals surface area contributed by atoms with Gasteiger partial charge in [0.2, 0.25) is 0 Å². The zero-order chi connectivity index (χ0) is 35.2. The molecular weight excluding hydrogens is 610 g/mol. The van der Waals surface area contributed by atoms with E-state index in [2.05, 4.69) is 128 Å². The highest BCUT2D eigenvalue weighted by Gasteiger charge is 2.36. The Morgan fingerprint density at radius 1 is 0.958 bits per heavy atom. The van der Waals surface area contributed by atoms with Gasteiger partial charge in [0.1, 0.15) is 0 Å². The Hall–Kier alpha value is -2.73. The summed E-state index contributed by atoms with van der Waals surface area (Å²) in [5.41, 5.74) is 6.43. The molecule has 48 heavy (non-hydrogen) atoms. The summed E-state index contributed by atoms with van der Waals surface area (Å²) in [4.78, 5) is 7.98. The minimum Gasteiger partial charge on any atom is -0.370 e. The molecule has 2 aliphatic rings. The van der Waals surface area contributed by atoms with Crippen LogP contribution in [0.3, 0.4) is 0 Å². The summed E-state index contributed by atoms with van der Waals surface area (Å²) in [6.45, 7) is 31.2. The number of piperazine rings is 1. The van der Waals surface area contributed by atoms with E-state index in [1.165, 1.54) is 86.9 Å². The maximum Gasteiger partial charge on any atom is 0.0643 e. The highest BCUT2D eigenvalue weighted by Crippen LogP contribution is 2.34. The van der Waals surface area contributed by atoms with Crippen molar-refractivity contribution in [3.8, 4) is 0 Å². The Kier molecular flexibility index (Phi) is 16.6. The lowest BCUT2D eigenvalue weighted by Gasteiger charge is -2.37. The van der Waals surface area contributed by atoms with Crippen molar-refractivity contribution >= 4 is 33.9 Å². The van der Waals surface area contributed by atoms with Gasteiger partial charge in [0.25, 0.3) is 0 Å². The number of hydrogen-bond acceptors (Lipinski definition) is 4. The average Bonchev–Trinajstić information content (AvgIpc) is 3.69. The SMILES string of the molecule is C=C(Nc1ccc(CC(=C)N2CC(N3CCN(CC)CC3)CC2CCC(CC)CC)cc1Cl)c1cn(C)c2ccccc12.CC.CCC. The molecule has 1 N–H and O–H groups in total. The fraction of sp³-hybridized carbons (Fsp3) is 0.571. The molecule has 5 rings (SSSR count). The summed E-state index contributed by atoms with van der Waals surface area (Å²) in [6, 6.07) is 16.0. The molecule has 0 amide bonds. The van der Waals surface area contributed by atoms with Crippen molar-refractivity contribution in [2.75, 3.05) is 44.6 Å². The number of rotatable bonds is 13. The van der Waals surface area contributed by atoms with Crippen molar-refractivity contribution in [2.45, 2.75) is 105 Å². The lowest BCUT2D eigenvalue weighted by molar-refractivity contribution is 0.102. The third-order valence-electron chi connectivity index (χ3n) is 10.2. The van der Waals surface area contributed by atoms with E-state index in [4.69, 9.17) is 11.6 Å². The van der Waals surface area contributed by atoms with Crippen molar-refractivity contribution in [3.63, 3.8) is 0 Å². The van der Waals surface area contributed by atoms with Crippen LogP contribution in [0.15, 0.2) is 67.5 Å². The highest BCUT2D eigenvalue weighted by atomic mass is 35.5. The molecule has 0 bridgehead atoms. The predicted octanol–water partition coefficient (Wildman–Crippen LogP) is 10.7. The molecule has 2 atom stereocenters. The van der Waals surface area contributed by atoms with E-state index in [1.54, 1.807) is 0 Å². The van der Waals surface area contributed by atoms with Gasteiger partial charge in [0.05, 0.1) is 10.7 Å². The Balaban J connectivity index is 0.00000118. The van der Waals surface area contributed by atoms with E-state index >= 15 is 0 Å². The van der Waals surface area contributed by atoms with Gasteiger partial charge in [-0.3, -0.25) is 4.90 Å². The second-order valence-electron chi connectivity index (χ2n) is 13.5. The van der Waals surface area contributed by atoms with Gasteiger partial charge in [0, 0.05) is 92.3 Å². The number of halogens is 1. The summed E-state index contributed by atoms with van der Waals surface area (Å²) in [6.07, 6.45) is 10.6. The number of likely N-dealkylation sites (N-methyl/N-ethyl adjacent to an activating group) is 1. The first-order chi connectivity index (χ1) is 23.2. The molecule has 2 saturated heterocycles. The predicted molar refractivity (Wildman–Crippen MR) is 213 cm³/mol. The molecule has 0 radical (unpaired) electrons. The van der Waals surface area contributed by atoms with E-state index in [-0.39, 0.29) is 0 Å². The minimum absolute atomic E-state index is 0.572. The number of benzene rings is 2. The number of likely N-dealkylation sites (tertiary alicyclic amines) is 1. The van der Waals surface area contributed by atoms with Crippen LogP contribution in [-0.4, -0.2) is 70.6 Å². The van der Waals surface area contributed by atoms with Crippen LogP contribution in [0.5, 0.6) is 0 Å². The van der Waals surface area contributed by atoms with E-state index in [0.717, 1.165) is 42.4 Å². The molecule has 2 aromatic carbocycles. The first-order valence-electron chi connectivity index (χ1n) is 18.9. The molecule has 0 aliphatic carbocycles. The molecule has 2 unspecified atom stereocenters. The van der Waals surface area contributed by atoms with Gasteiger partial charge in [-0.1, -0.05) is 117 Å². The number of nitrogens with one attached hydrogen (secondary N) is 1. The third kappa shape index (κ3) is 10.4. The summed E-state index contributed by atoms with van der Waals surface area (Å²) < 4.78 is 2.14. The molecule has 5 nitrogen and oxygen atoms in total. The Bertz CT molecular complexity index is 1410. The number of allylic oxidation sites excluding steroid dienone is 1. The number of anilines is 1. The van der Waals surface area contributed by atoms with Crippen molar-refractivity contribution in [1.29, 1.82) is 0 Å². The van der Waals surface area contributed by atoms with Crippen LogP contribution in [0.4, 0.5) is 5.69 Å². The first kappa shape index (κ1) is 39.7. The van der Waals surface area contributed by atoms with Crippen molar-refractivity contribution < 1.29 is 0 Å². The average molecular weight is 676 g/mol. The third-order valence-corrected chi connectivity index (χ3v) is 10.5. The Morgan fingerprint density at radius 2 is 1.62 bits per heavy atom. The van der Waals surface area contributed by atoms with Crippen LogP contribution in [0.2, 0.25) is 5.02 Å². The molecule has 1 aromatic heterocycles. The lowest BCUT2D eigenvalue weighted by atomic mass is 9.93. The van der Waals surface area contributed by atoms with Gasteiger partial charge < -0.3 is 19.7 Å². The molecule has 6 heteroatoms. The van der Waals surface area contributed by atoms with Gasteiger partial charge in [-0.05, 0) is 55.5 Å². The van der Waals surface area contributed by atoms with Crippen molar-refractivity contribution in [1.82, 2.24) is 19.3 Å². The second-order valence-corrected chi connectivity index (χ2v) is 13.9. The number of fused-ring (bicyclic) bond motifs is 1. The zero-order valence-electron chi connectivity index (χ0n) is 31.6. The smallest absolute Gasteiger partial charge is 0.0643 e. The van der Waals surface area contributed by atoms with Gasteiger partial charge in [-0.2, -0.15) is 0 Å². The minimum atomic E-state index is 0.572. The van der Waals surface area contributed by atoms with Crippen LogP contribution in [0.25, 0.3) is 16.6 Å². The standard InChI is InChI=1S/C37H52ClN5.C3H8.C2H6/c1-7-29(8-2)14-16-31-24-32(42-20-18-41(9-3)19-21-42)25-43(31)27(4)22-30-15-17-36(35(38)23-30)39-28(5)34-26-40(6)37-13-11-10-12-33(34)37;1-3-2;1-2/h10-13,15,17,23,26,29,31-32,39H,4-5,7-9,14,16,18-22,24-25H2,1-3,6H3;3H2,1-2H3;1-2H3. The number of nitrogens with zero attached hydrogens (tertiary/aromatic N) is 4. The van der Waals surface area contributed by atoms with Gasteiger partial charge in [-0.15, -0.1) is 0 Å². The first-order valence-corrected chi connectivity index (χ1v) is 19.3. The van der Waals surface area contributed by atoms with Crippen LogP contribution in [-0.2, 0) is 13.5 Å². The lowest BCUT2D eigenvalue weighted by Crippen LogP contribution is -2.50. The largest absolute Gasteiger partial charge is 0.370 e. The van der Waals surface area contributed by atoms with E-state index in [9.17, 15) is 0 Å². The molecule has 266 valence electrons. The maximum absolute atomic E-state index is 6.86. The summed E-state index contributed by atoms with van der Waals surface area (Å²) >= 11 is 6.86. The fourth-order valence-corrected chi connectivity index (χ4v) is 7.56. The topological polar surface area (TPSA) is 26.7 Å². The molecular formula is C42H66ClN5. The number of aryl methyl sites for hydroxylation is 1. The fourth-order valence-electron chi connectivity index (χ4n) is 7.31. The molecule has 2 fully saturated rings. The molecule has 0 spiro atoms. The van der Waals surface area contributed by atoms with Crippen LogP contribution >= 0.6 is 11.6 Å². The monoisotopic (exact) mass is 676 g/mol. The summed E-state index contributed by atoms with van der Waals surface area (Å²) in [7, 11) is 2.07. The van der Waals surface area contributed by atoms with Crippen LogP contribution < -0.4 is 5.32 Å². The van der Waals surface area contributed by atoms with Crippen LogP contribution in [0.1, 0.15) is 98.1 Å². The molecule has 3 aromatic rings. The van der Waals surface area contributed by atoms with Gasteiger partial charge in [-0.25, -0.2) is 0 Å². The number of hydrogen-bond donors (Lipinski definition) is 1. The highest BCUT2D eigenvalue weighted by molar-refractivity contribution is 6.33. The Morgan fingerprint density at radius 3 is 2.25 bits per heavy atom. The molecule has 0 saturated carbocycles. The quantitative estimate of drug-likeness (QED) is 0.195. The normalized spacial score (nSPS) is 18.3. The number of para-hydroxylation sites is 1. The summed E-state index contributed by atoms with van der Waals surface area (Å²) in [5, 5.41) is 5.38. The van der Waals surface area contributed by atoms with E-state index in [0.29, 0.717) is 17.1 Å². The van der Waals surface area contributed by atoms with E-state index < -0.39 is 0 Å².